The van der Waals surface area contributed by atoms with E-state index in [0.717, 1.165) is 36.4 Å². The van der Waals surface area contributed by atoms with Crippen LogP contribution in [0.1, 0.15) is 64.8 Å². The SMILES string of the molecule is C[C@@H](NC(=O)c1ccc2c(c1)C(=C(Nc1cccc(CN3CCCCC3)c1)c1ccccc1)C(=O)N2)c1ccc(Cl)cc1. The predicted octanol–water partition coefficient (Wildman–Crippen LogP) is 7.75. The van der Waals surface area contributed by atoms with Crippen LogP contribution < -0.4 is 16.0 Å². The molecule has 4 aromatic rings. The molecule has 0 radical (unpaired) electrons. The third-order valence-electron chi connectivity index (χ3n) is 8.11. The van der Waals surface area contributed by atoms with Crippen molar-refractivity contribution in [3.8, 4) is 0 Å². The summed E-state index contributed by atoms with van der Waals surface area (Å²) in [5.74, 6) is -0.429. The van der Waals surface area contributed by atoms with Gasteiger partial charge in [-0.3, -0.25) is 14.5 Å². The van der Waals surface area contributed by atoms with Crippen molar-refractivity contribution in [2.75, 3.05) is 23.7 Å². The first-order valence-electron chi connectivity index (χ1n) is 14.8. The molecule has 2 aliphatic heterocycles. The fourth-order valence-electron chi connectivity index (χ4n) is 5.82. The molecular weight excluding hydrogens is 556 g/mol. The molecule has 7 heteroatoms. The first kappa shape index (κ1) is 28.7. The van der Waals surface area contributed by atoms with Gasteiger partial charge < -0.3 is 16.0 Å². The van der Waals surface area contributed by atoms with Crippen LogP contribution in [0.3, 0.4) is 0 Å². The molecule has 3 N–H and O–H groups in total. The Morgan fingerprint density at radius 1 is 0.884 bits per heavy atom. The van der Waals surface area contributed by atoms with Gasteiger partial charge in [0.25, 0.3) is 11.8 Å². The number of hydrogen-bond acceptors (Lipinski definition) is 4. The fraction of sp³-hybridized carbons (Fsp3) is 0.222. The van der Waals surface area contributed by atoms with Gasteiger partial charge in [-0.25, -0.2) is 0 Å². The van der Waals surface area contributed by atoms with Gasteiger partial charge in [-0.1, -0.05) is 72.6 Å². The van der Waals surface area contributed by atoms with E-state index >= 15 is 0 Å². The Labute approximate surface area is 257 Å². The van der Waals surface area contributed by atoms with Gasteiger partial charge in [-0.15, -0.1) is 0 Å². The van der Waals surface area contributed by atoms with Gasteiger partial charge in [0, 0.05) is 34.1 Å². The van der Waals surface area contributed by atoms with E-state index in [-0.39, 0.29) is 17.9 Å². The van der Waals surface area contributed by atoms with E-state index in [1.54, 1.807) is 18.2 Å². The van der Waals surface area contributed by atoms with E-state index < -0.39 is 0 Å². The summed E-state index contributed by atoms with van der Waals surface area (Å²) in [5.41, 5.74) is 7.01. The van der Waals surface area contributed by atoms with Crippen LogP contribution in [0.4, 0.5) is 11.4 Å². The lowest BCUT2D eigenvalue weighted by Gasteiger charge is -2.26. The minimum atomic E-state index is -0.219. The molecule has 0 aliphatic carbocycles. The number of rotatable bonds is 8. The number of halogens is 1. The van der Waals surface area contributed by atoms with Crippen molar-refractivity contribution in [2.45, 2.75) is 38.8 Å². The summed E-state index contributed by atoms with van der Waals surface area (Å²) in [4.78, 5) is 29.3. The number of carbonyl (C=O) groups is 2. The summed E-state index contributed by atoms with van der Waals surface area (Å²) in [6.07, 6.45) is 3.80. The molecule has 1 saturated heterocycles. The van der Waals surface area contributed by atoms with Crippen LogP contribution in [-0.2, 0) is 11.3 Å². The van der Waals surface area contributed by atoms with Crippen LogP contribution in [0.15, 0.2) is 97.1 Å². The number of benzene rings is 4. The van der Waals surface area contributed by atoms with Crippen LogP contribution in [0, 0.1) is 0 Å². The third-order valence-corrected chi connectivity index (χ3v) is 8.36. The first-order chi connectivity index (χ1) is 20.9. The lowest BCUT2D eigenvalue weighted by molar-refractivity contribution is -0.110. The number of hydrogen-bond donors (Lipinski definition) is 3. The van der Waals surface area contributed by atoms with E-state index in [1.807, 2.05) is 67.6 Å². The largest absolute Gasteiger partial charge is 0.354 e. The second-order valence-electron chi connectivity index (χ2n) is 11.2. The fourth-order valence-corrected chi connectivity index (χ4v) is 5.95. The maximum atomic E-state index is 13.5. The molecule has 1 fully saturated rings. The summed E-state index contributed by atoms with van der Waals surface area (Å²) in [6.45, 7) is 5.09. The summed E-state index contributed by atoms with van der Waals surface area (Å²) < 4.78 is 0. The molecule has 43 heavy (non-hydrogen) atoms. The Kier molecular flexibility index (Phi) is 8.59. The van der Waals surface area contributed by atoms with Crippen LogP contribution in [0.2, 0.25) is 5.02 Å². The number of amides is 2. The molecular formula is C36H35ClN4O2. The zero-order valence-electron chi connectivity index (χ0n) is 24.2. The van der Waals surface area contributed by atoms with Gasteiger partial charge in [-0.2, -0.15) is 0 Å². The van der Waals surface area contributed by atoms with Crippen molar-refractivity contribution in [3.63, 3.8) is 0 Å². The Hall–Kier alpha value is -4.39. The van der Waals surface area contributed by atoms with Crippen molar-refractivity contribution >= 4 is 46.1 Å². The van der Waals surface area contributed by atoms with E-state index in [2.05, 4.69) is 39.0 Å². The highest BCUT2D eigenvalue weighted by atomic mass is 35.5. The molecule has 1 atom stereocenters. The molecule has 0 spiro atoms. The van der Waals surface area contributed by atoms with Gasteiger partial charge in [-0.05, 0) is 92.0 Å². The van der Waals surface area contributed by atoms with E-state index in [4.69, 9.17) is 11.6 Å². The summed E-state index contributed by atoms with van der Waals surface area (Å²) in [5, 5.41) is 10.3. The molecule has 2 amide bonds. The molecule has 0 bridgehead atoms. The maximum absolute atomic E-state index is 13.5. The highest BCUT2D eigenvalue weighted by Gasteiger charge is 2.29. The number of fused-ring (bicyclic) bond motifs is 1. The van der Waals surface area contributed by atoms with Crippen molar-refractivity contribution in [1.29, 1.82) is 0 Å². The number of nitrogens with zero attached hydrogens (tertiary/aromatic N) is 1. The minimum Gasteiger partial charge on any atom is -0.354 e. The Bertz CT molecular complexity index is 1660. The highest BCUT2D eigenvalue weighted by molar-refractivity contribution is 6.37. The van der Waals surface area contributed by atoms with Crippen LogP contribution in [-0.4, -0.2) is 29.8 Å². The highest BCUT2D eigenvalue weighted by Crippen LogP contribution is 2.38. The number of nitrogens with one attached hydrogen (secondary N) is 3. The molecule has 0 unspecified atom stereocenters. The van der Waals surface area contributed by atoms with Gasteiger partial charge in [0.2, 0.25) is 0 Å². The predicted molar refractivity (Wildman–Crippen MR) is 175 cm³/mol. The lowest BCUT2D eigenvalue weighted by atomic mass is 9.98. The third kappa shape index (κ3) is 6.66. The van der Waals surface area contributed by atoms with Crippen LogP contribution >= 0.6 is 11.6 Å². The second kappa shape index (κ2) is 12.9. The Balaban J connectivity index is 1.32. The van der Waals surface area contributed by atoms with Crippen LogP contribution in [0.25, 0.3) is 11.3 Å². The minimum absolute atomic E-state index is 0.210. The monoisotopic (exact) mass is 590 g/mol. The summed E-state index contributed by atoms with van der Waals surface area (Å²) in [7, 11) is 0. The first-order valence-corrected chi connectivity index (χ1v) is 15.2. The molecule has 6 rings (SSSR count). The van der Waals surface area contributed by atoms with Gasteiger partial charge >= 0.3 is 0 Å². The van der Waals surface area contributed by atoms with Crippen molar-refractivity contribution in [2.24, 2.45) is 0 Å². The second-order valence-corrected chi connectivity index (χ2v) is 11.7. The number of anilines is 2. The van der Waals surface area contributed by atoms with E-state index in [9.17, 15) is 9.59 Å². The number of likely N-dealkylation sites (tertiary alicyclic amines) is 1. The van der Waals surface area contributed by atoms with Crippen molar-refractivity contribution < 1.29 is 9.59 Å². The summed E-state index contributed by atoms with van der Waals surface area (Å²) >= 11 is 6.03. The standard InChI is InChI=1S/C36H35ClN4O2/c1-24(26-13-16-29(37)17-14-26)38-35(42)28-15-18-32-31(22-28)33(36(43)40-32)34(27-10-4-2-5-11-27)39-30-12-8-9-25(21-30)23-41-19-6-3-7-20-41/h2,4-5,8-18,21-22,24,39H,3,6-7,19-20,23H2,1H3,(H,38,42)(H,40,43)/t24-/m1/s1. The Morgan fingerprint density at radius 2 is 1.65 bits per heavy atom. The normalized spacial score (nSPS) is 16.7. The van der Waals surface area contributed by atoms with Gasteiger partial charge in [0.1, 0.15) is 0 Å². The number of piperidine rings is 1. The Morgan fingerprint density at radius 3 is 2.42 bits per heavy atom. The smallest absolute Gasteiger partial charge is 0.258 e. The maximum Gasteiger partial charge on any atom is 0.258 e. The van der Waals surface area contributed by atoms with Gasteiger partial charge in [0.05, 0.1) is 17.3 Å². The zero-order valence-corrected chi connectivity index (χ0v) is 25.0. The molecule has 6 nitrogen and oxygen atoms in total. The lowest BCUT2D eigenvalue weighted by Crippen LogP contribution is -2.29. The molecule has 0 aromatic heterocycles. The number of carbonyl (C=O) groups excluding carboxylic acids is 2. The topological polar surface area (TPSA) is 73.5 Å². The molecule has 0 saturated carbocycles. The molecule has 2 aliphatic rings. The van der Waals surface area contributed by atoms with Gasteiger partial charge in [0.15, 0.2) is 0 Å². The molecule has 218 valence electrons. The average Bonchev–Trinajstić information content (AvgIpc) is 3.36. The quantitative estimate of drug-likeness (QED) is 0.183. The molecule has 2 heterocycles. The molecule has 4 aromatic carbocycles. The average molecular weight is 591 g/mol. The van der Waals surface area contributed by atoms with E-state index in [0.29, 0.717) is 33.1 Å². The van der Waals surface area contributed by atoms with E-state index in [1.165, 1.54) is 24.8 Å². The summed E-state index contributed by atoms with van der Waals surface area (Å²) in [6, 6.07) is 30.8. The van der Waals surface area contributed by atoms with Crippen LogP contribution in [0.5, 0.6) is 0 Å². The zero-order chi connectivity index (χ0) is 29.8. The van der Waals surface area contributed by atoms with Crippen molar-refractivity contribution in [3.05, 3.63) is 130 Å². The van der Waals surface area contributed by atoms with Crippen molar-refractivity contribution in [1.82, 2.24) is 10.2 Å².